The quantitative estimate of drug-likeness (QED) is 0.868. The standard InChI is InChI=1S/C12H20N4OS/c1-10(13)12(17)16-4-2-3-15(5-6-16)7-11-8-18-9-14-11/h8-10H,2-7,13H2,1H3/t10-/m1/s1. The van der Waals surface area contributed by atoms with Crippen LogP contribution in [0.25, 0.3) is 0 Å². The Morgan fingerprint density at radius 1 is 1.50 bits per heavy atom. The maximum atomic E-state index is 11.8. The highest BCUT2D eigenvalue weighted by molar-refractivity contribution is 7.07. The molecule has 1 atom stereocenters. The maximum Gasteiger partial charge on any atom is 0.239 e. The lowest BCUT2D eigenvalue weighted by Crippen LogP contribution is -2.43. The van der Waals surface area contributed by atoms with E-state index >= 15 is 0 Å². The first-order valence-corrected chi connectivity index (χ1v) is 7.25. The Balaban J connectivity index is 1.86. The second-order valence-electron chi connectivity index (χ2n) is 4.72. The van der Waals surface area contributed by atoms with Gasteiger partial charge in [0, 0.05) is 38.1 Å². The van der Waals surface area contributed by atoms with Crippen LogP contribution in [0.1, 0.15) is 19.0 Å². The molecule has 0 saturated carbocycles. The third-order valence-corrected chi connectivity index (χ3v) is 3.79. The van der Waals surface area contributed by atoms with Gasteiger partial charge in [0.25, 0.3) is 0 Å². The second kappa shape index (κ2) is 6.26. The Bertz CT molecular complexity index is 379. The molecule has 0 unspecified atom stereocenters. The molecule has 0 aromatic carbocycles. The molecule has 2 N–H and O–H groups in total. The number of carbonyl (C=O) groups is 1. The van der Waals surface area contributed by atoms with Crippen LogP contribution in [0.5, 0.6) is 0 Å². The Hall–Kier alpha value is -0.980. The molecular weight excluding hydrogens is 248 g/mol. The molecule has 0 radical (unpaired) electrons. The predicted molar refractivity (Wildman–Crippen MR) is 72.2 cm³/mol. The zero-order valence-electron chi connectivity index (χ0n) is 10.7. The van der Waals surface area contributed by atoms with E-state index in [-0.39, 0.29) is 5.91 Å². The second-order valence-corrected chi connectivity index (χ2v) is 5.44. The highest BCUT2D eigenvalue weighted by atomic mass is 32.1. The van der Waals surface area contributed by atoms with Gasteiger partial charge >= 0.3 is 0 Å². The van der Waals surface area contributed by atoms with Crippen molar-refractivity contribution in [1.82, 2.24) is 14.8 Å². The summed E-state index contributed by atoms with van der Waals surface area (Å²) in [4.78, 5) is 20.4. The van der Waals surface area contributed by atoms with E-state index in [2.05, 4.69) is 15.3 Å². The van der Waals surface area contributed by atoms with E-state index in [4.69, 9.17) is 5.73 Å². The number of carbonyl (C=O) groups excluding carboxylic acids is 1. The Morgan fingerprint density at radius 2 is 2.33 bits per heavy atom. The lowest BCUT2D eigenvalue weighted by Gasteiger charge is -2.23. The highest BCUT2D eigenvalue weighted by Gasteiger charge is 2.21. The van der Waals surface area contributed by atoms with Crippen LogP contribution in [0.15, 0.2) is 10.9 Å². The summed E-state index contributed by atoms with van der Waals surface area (Å²) in [6.07, 6.45) is 1.00. The van der Waals surface area contributed by atoms with Crippen molar-refractivity contribution in [1.29, 1.82) is 0 Å². The van der Waals surface area contributed by atoms with Crippen LogP contribution in [-0.2, 0) is 11.3 Å². The van der Waals surface area contributed by atoms with Gasteiger partial charge in [0.1, 0.15) is 0 Å². The monoisotopic (exact) mass is 268 g/mol. The molecule has 100 valence electrons. The summed E-state index contributed by atoms with van der Waals surface area (Å²) in [6.45, 7) is 6.12. The zero-order valence-corrected chi connectivity index (χ0v) is 11.5. The van der Waals surface area contributed by atoms with E-state index < -0.39 is 6.04 Å². The topological polar surface area (TPSA) is 62.5 Å². The van der Waals surface area contributed by atoms with Crippen LogP contribution in [0.3, 0.4) is 0 Å². The molecule has 5 nitrogen and oxygen atoms in total. The zero-order chi connectivity index (χ0) is 13.0. The smallest absolute Gasteiger partial charge is 0.239 e. The lowest BCUT2D eigenvalue weighted by molar-refractivity contribution is -0.132. The molecule has 6 heteroatoms. The number of hydrogen-bond donors (Lipinski definition) is 1. The number of thiazole rings is 1. The van der Waals surface area contributed by atoms with Crippen LogP contribution >= 0.6 is 11.3 Å². The molecule has 0 aliphatic carbocycles. The Morgan fingerprint density at radius 3 is 3.00 bits per heavy atom. The summed E-state index contributed by atoms with van der Waals surface area (Å²) in [5.74, 6) is 0.0607. The van der Waals surface area contributed by atoms with Crippen LogP contribution in [0.2, 0.25) is 0 Å². The van der Waals surface area contributed by atoms with Crippen molar-refractivity contribution >= 4 is 17.2 Å². The molecule has 18 heavy (non-hydrogen) atoms. The van der Waals surface area contributed by atoms with E-state index in [0.29, 0.717) is 0 Å². The maximum absolute atomic E-state index is 11.8. The number of nitrogens with zero attached hydrogens (tertiary/aromatic N) is 3. The third-order valence-electron chi connectivity index (χ3n) is 3.16. The normalized spacial score (nSPS) is 19.6. The fourth-order valence-corrected chi connectivity index (χ4v) is 2.73. The van der Waals surface area contributed by atoms with Crippen molar-refractivity contribution < 1.29 is 4.79 Å². The SMILES string of the molecule is C[C@@H](N)C(=O)N1CCCN(Cc2cscn2)CC1. The minimum absolute atomic E-state index is 0.0607. The summed E-state index contributed by atoms with van der Waals surface area (Å²) in [5, 5.41) is 2.08. The van der Waals surface area contributed by atoms with E-state index in [1.54, 1.807) is 18.3 Å². The van der Waals surface area contributed by atoms with Crippen molar-refractivity contribution in [3.8, 4) is 0 Å². The van der Waals surface area contributed by atoms with Crippen molar-refractivity contribution in [2.45, 2.75) is 25.9 Å². The van der Waals surface area contributed by atoms with E-state index in [1.807, 2.05) is 10.4 Å². The minimum atomic E-state index is -0.393. The van der Waals surface area contributed by atoms with Gasteiger partial charge in [-0.05, 0) is 13.3 Å². The molecule has 1 aliphatic rings. The molecule has 1 fully saturated rings. The van der Waals surface area contributed by atoms with Crippen LogP contribution in [0, 0.1) is 0 Å². The first-order valence-electron chi connectivity index (χ1n) is 6.30. The fraction of sp³-hybridized carbons (Fsp3) is 0.667. The van der Waals surface area contributed by atoms with Gasteiger partial charge in [0.2, 0.25) is 5.91 Å². The van der Waals surface area contributed by atoms with Gasteiger partial charge in [-0.3, -0.25) is 9.69 Å². The number of aromatic nitrogens is 1. The van der Waals surface area contributed by atoms with Crippen LogP contribution < -0.4 is 5.73 Å². The van der Waals surface area contributed by atoms with Crippen molar-refractivity contribution in [3.05, 3.63) is 16.6 Å². The average Bonchev–Trinajstić information content (AvgIpc) is 2.73. The van der Waals surface area contributed by atoms with Crippen LogP contribution in [0.4, 0.5) is 0 Å². The molecule has 2 rings (SSSR count). The number of amides is 1. The first kappa shape index (κ1) is 13.5. The minimum Gasteiger partial charge on any atom is -0.340 e. The predicted octanol–water partition coefficient (Wildman–Crippen LogP) is 0.525. The number of hydrogen-bond acceptors (Lipinski definition) is 5. The number of rotatable bonds is 3. The van der Waals surface area contributed by atoms with Gasteiger partial charge in [-0.25, -0.2) is 4.98 Å². The van der Waals surface area contributed by atoms with Gasteiger partial charge in [0.15, 0.2) is 0 Å². The third kappa shape index (κ3) is 3.51. The Labute approximate surface area is 112 Å². The molecule has 2 heterocycles. The molecule has 0 bridgehead atoms. The van der Waals surface area contributed by atoms with Crippen molar-refractivity contribution in [2.75, 3.05) is 26.2 Å². The van der Waals surface area contributed by atoms with Gasteiger partial charge in [-0.15, -0.1) is 11.3 Å². The van der Waals surface area contributed by atoms with E-state index in [9.17, 15) is 4.79 Å². The van der Waals surface area contributed by atoms with Gasteiger partial charge in [-0.2, -0.15) is 0 Å². The van der Waals surface area contributed by atoms with Crippen LogP contribution in [-0.4, -0.2) is 52.9 Å². The average molecular weight is 268 g/mol. The van der Waals surface area contributed by atoms with E-state index in [0.717, 1.165) is 44.8 Å². The number of nitrogens with two attached hydrogens (primary N) is 1. The first-order chi connectivity index (χ1) is 8.66. The summed E-state index contributed by atoms with van der Waals surface area (Å²) in [5.41, 5.74) is 8.63. The van der Waals surface area contributed by atoms with Gasteiger partial charge in [0.05, 0.1) is 17.2 Å². The van der Waals surface area contributed by atoms with Gasteiger partial charge in [-0.1, -0.05) is 0 Å². The summed E-state index contributed by atoms with van der Waals surface area (Å²) in [7, 11) is 0. The Kier molecular flexibility index (Phi) is 4.68. The molecular formula is C12H20N4OS. The van der Waals surface area contributed by atoms with E-state index in [1.165, 1.54) is 0 Å². The molecule has 1 aromatic rings. The molecule has 0 spiro atoms. The molecule has 1 aliphatic heterocycles. The molecule has 1 amide bonds. The summed E-state index contributed by atoms with van der Waals surface area (Å²) < 4.78 is 0. The largest absolute Gasteiger partial charge is 0.340 e. The van der Waals surface area contributed by atoms with Crippen molar-refractivity contribution in [2.24, 2.45) is 5.73 Å². The summed E-state index contributed by atoms with van der Waals surface area (Å²) in [6, 6.07) is -0.393. The van der Waals surface area contributed by atoms with Gasteiger partial charge < -0.3 is 10.6 Å². The fourth-order valence-electron chi connectivity index (χ4n) is 2.18. The van der Waals surface area contributed by atoms with Crippen molar-refractivity contribution in [3.63, 3.8) is 0 Å². The molecule has 1 saturated heterocycles. The molecule has 1 aromatic heterocycles. The summed E-state index contributed by atoms with van der Waals surface area (Å²) >= 11 is 1.62. The highest BCUT2D eigenvalue weighted by Crippen LogP contribution is 2.09. The lowest BCUT2D eigenvalue weighted by atomic mass is 10.3.